The molecule has 0 amide bonds. The Morgan fingerprint density at radius 1 is 1.14 bits per heavy atom. The van der Waals surface area contributed by atoms with Crippen LogP contribution < -0.4 is 0 Å². The minimum atomic E-state index is -0.0925. The van der Waals surface area contributed by atoms with E-state index in [9.17, 15) is 0 Å². The highest BCUT2D eigenvalue weighted by Crippen LogP contribution is 2.12. The van der Waals surface area contributed by atoms with Crippen LogP contribution in [0.3, 0.4) is 0 Å². The van der Waals surface area contributed by atoms with Gasteiger partial charge in [0.2, 0.25) is 0 Å². The molecule has 0 rings (SSSR count). The van der Waals surface area contributed by atoms with Gasteiger partial charge >= 0.3 is 0 Å². The Bertz CT molecular complexity index is 176. The van der Waals surface area contributed by atoms with Crippen molar-refractivity contribution < 1.29 is 0 Å². The van der Waals surface area contributed by atoms with E-state index in [0.717, 1.165) is 6.54 Å². The standard InChI is InChI=1S/C13H25N/c1-6-8-9-10-11-12-14(5)13(3,4)7-2/h2H,6,8-12H2,1,3-5H3. The van der Waals surface area contributed by atoms with Crippen molar-refractivity contribution in [1.29, 1.82) is 0 Å². The van der Waals surface area contributed by atoms with Crippen molar-refractivity contribution in [2.24, 2.45) is 0 Å². The lowest BCUT2D eigenvalue weighted by atomic mass is 10.0. The molecule has 0 aromatic rings. The molecule has 0 aromatic heterocycles. The van der Waals surface area contributed by atoms with Gasteiger partial charge in [-0.15, -0.1) is 6.42 Å². The Hall–Kier alpha value is -0.480. The molecular weight excluding hydrogens is 170 g/mol. The lowest BCUT2D eigenvalue weighted by molar-refractivity contribution is 0.209. The van der Waals surface area contributed by atoms with Crippen LogP contribution in [-0.4, -0.2) is 24.0 Å². The van der Waals surface area contributed by atoms with Crippen LogP contribution in [0.1, 0.15) is 52.9 Å². The summed E-state index contributed by atoms with van der Waals surface area (Å²) in [4.78, 5) is 2.26. The van der Waals surface area contributed by atoms with Crippen LogP contribution in [0, 0.1) is 12.3 Å². The second-order valence-corrected chi connectivity index (χ2v) is 4.54. The number of unbranched alkanes of at least 4 members (excludes halogenated alkanes) is 4. The smallest absolute Gasteiger partial charge is 0.0763 e. The Morgan fingerprint density at radius 2 is 1.71 bits per heavy atom. The van der Waals surface area contributed by atoms with Gasteiger partial charge in [-0.2, -0.15) is 0 Å². The van der Waals surface area contributed by atoms with Crippen molar-refractivity contribution in [1.82, 2.24) is 4.90 Å². The first-order valence-electron chi connectivity index (χ1n) is 5.73. The summed E-state index contributed by atoms with van der Waals surface area (Å²) in [7, 11) is 2.11. The molecule has 0 heterocycles. The molecule has 14 heavy (non-hydrogen) atoms. The van der Waals surface area contributed by atoms with Crippen LogP contribution in [0.5, 0.6) is 0 Å². The normalized spacial score (nSPS) is 11.7. The molecule has 0 aliphatic carbocycles. The fourth-order valence-corrected chi connectivity index (χ4v) is 1.34. The maximum atomic E-state index is 5.47. The third-order valence-corrected chi connectivity index (χ3v) is 2.90. The van der Waals surface area contributed by atoms with Crippen LogP contribution >= 0.6 is 0 Å². The van der Waals surface area contributed by atoms with Crippen molar-refractivity contribution in [3.8, 4) is 12.3 Å². The molecule has 0 unspecified atom stereocenters. The van der Waals surface area contributed by atoms with E-state index in [1.165, 1.54) is 32.1 Å². The van der Waals surface area contributed by atoms with E-state index in [0.29, 0.717) is 0 Å². The van der Waals surface area contributed by atoms with E-state index in [1.54, 1.807) is 0 Å². The highest BCUT2D eigenvalue weighted by molar-refractivity contribution is 5.07. The number of hydrogen-bond acceptors (Lipinski definition) is 1. The molecule has 1 nitrogen and oxygen atoms in total. The van der Waals surface area contributed by atoms with E-state index in [-0.39, 0.29) is 5.54 Å². The molecule has 0 radical (unpaired) electrons. The first-order valence-corrected chi connectivity index (χ1v) is 5.73. The Morgan fingerprint density at radius 3 is 2.21 bits per heavy atom. The average Bonchev–Trinajstić information content (AvgIpc) is 2.17. The third-order valence-electron chi connectivity index (χ3n) is 2.90. The van der Waals surface area contributed by atoms with Crippen molar-refractivity contribution in [3.63, 3.8) is 0 Å². The van der Waals surface area contributed by atoms with E-state index in [4.69, 9.17) is 6.42 Å². The first kappa shape index (κ1) is 13.5. The summed E-state index contributed by atoms with van der Waals surface area (Å²) in [6.07, 6.45) is 12.1. The maximum Gasteiger partial charge on any atom is 0.0763 e. The highest BCUT2D eigenvalue weighted by atomic mass is 15.1. The molecule has 1 heteroatoms. The lowest BCUT2D eigenvalue weighted by Crippen LogP contribution is -2.40. The topological polar surface area (TPSA) is 3.24 Å². The minimum Gasteiger partial charge on any atom is -0.291 e. The van der Waals surface area contributed by atoms with Crippen molar-refractivity contribution in [3.05, 3.63) is 0 Å². The SMILES string of the molecule is C#CC(C)(C)N(C)CCCCCCC. The molecule has 0 aliphatic rings. The van der Waals surface area contributed by atoms with Gasteiger partial charge in [0, 0.05) is 0 Å². The number of rotatable bonds is 7. The predicted molar refractivity (Wildman–Crippen MR) is 64.3 cm³/mol. The summed E-state index contributed by atoms with van der Waals surface area (Å²) in [5.41, 5.74) is -0.0925. The Labute approximate surface area is 89.9 Å². The molecule has 82 valence electrons. The zero-order valence-corrected chi connectivity index (χ0v) is 10.3. The molecule has 0 spiro atoms. The molecule has 0 saturated carbocycles. The average molecular weight is 195 g/mol. The quantitative estimate of drug-likeness (QED) is 0.445. The van der Waals surface area contributed by atoms with Gasteiger partial charge in [0.15, 0.2) is 0 Å². The molecular formula is C13H25N. The molecule has 0 atom stereocenters. The van der Waals surface area contributed by atoms with E-state index in [1.807, 2.05) is 0 Å². The summed E-state index contributed by atoms with van der Waals surface area (Å²) in [5, 5.41) is 0. The zero-order valence-electron chi connectivity index (χ0n) is 10.3. The van der Waals surface area contributed by atoms with Gasteiger partial charge < -0.3 is 0 Å². The second kappa shape index (κ2) is 6.90. The number of hydrogen-bond donors (Lipinski definition) is 0. The summed E-state index contributed by atoms with van der Waals surface area (Å²) in [6, 6.07) is 0. The van der Waals surface area contributed by atoms with Gasteiger partial charge in [-0.3, -0.25) is 4.90 Å². The first-order chi connectivity index (χ1) is 6.54. The van der Waals surface area contributed by atoms with Gasteiger partial charge in [0.1, 0.15) is 0 Å². The predicted octanol–water partition coefficient (Wildman–Crippen LogP) is 3.30. The fraction of sp³-hybridized carbons (Fsp3) is 0.846. The summed E-state index contributed by atoms with van der Waals surface area (Å²) in [6.45, 7) is 7.55. The van der Waals surface area contributed by atoms with E-state index >= 15 is 0 Å². The van der Waals surface area contributed by atoms with Gasteiger partial charge in [-0.25, -0.2) is 0 Å². The third kappa shape index (κ3) is 5.29. The highest BCUT2D eigenvalue weighted by Gasteiger charge is 2.19. The molecule has 0 saturated heterocycles. The number of nitrogens with zero attached hydrogens (tertiary/aromatic N) is 1. The van der Waals surface area contributed by atoms with Crippen LogP contribution in [0.4, 0.5) is 0 Å². The Balaban J connectivity index is 3.55. The lowest BCUT2D eigenvalue weighted by Gasteiger charge is -2.30. The molecule has 0 bridgehead atoms. The van der Waals surface area contributed by atoms with Crippen molar-refractivity contribution in [2.75, 3.05) is 13.6 Å². The minimum absolute atomic E-state index is 0.0925. The number of terminal acetylenes is 1. The summed E-state index contributed by atoms with van der Waals surface area (Å²) in [5.74, 6) is 2.82. The Kier molecular flexibility index (Phi) is 6.66. The van der Waals surface area contributed by atoms with Crippen molar-refractivity contribution >= 4 is 0 Å². The molecule has 0 aromatic carbocycles. The van der Waals surface area contributed by atoms with E-state index in [2.05, 4.69) is 38.6 Å². The monoisotopic (exact) mass is 195 g/mol. The van der Waals surface area contributed by atoms with E-state index < -0.39 is 0 Å². The van der Waals surface area contributed by atoms with Crippen LogP contribution in [0.2, 0.25) is 0 Å². The summed E-state index contributed by atoms with van der Waals surface area (Å²) >= 11 is 0. The molecule has 0 N–H and O–H groups in total. The maximum absolute atomic E-state index is 5.47. The largest absolute Gasteiger partial charge is 0.291 e. The second-order valence-electron chi connectivity index (χ2n) is 4.54. The molecule has 0 fully saturated rings. The fourth-order valence-electron chi connectivity index (χ4n) is 1.34. The van der Waals surface area contributed by atoms with Gasteiger partial charge in [0.25, 0.3) is 0 Å². The van der Waals surface area contributed by atoms with Gasteiger partial charge in [0.05, 0.1) is 5.54 Å². The molecule has 0 aliphatic heterocycles. The van der Waals surface area contributed by atoms with Crippen LogP contribution in [-0.2, 0) is 0 Å². The van der Waals surface area contributed by atoms with Gasteiger partial charge in [-0.1, -0.05) is 38.5 Å². The summed E-state index contributed by atoms with van der Waals surface area (Å²) < 4.78 is 0. The van der Waals surface area contributed by atoms with Gasteiger partial charge in [-0.05, 0) is 33.9 Å². The van der Waals surface area contributed by atoms with Crippen LogP contribution in [0.15, 0.2) is 0 Å². The van der Waals surface area contributed by atoms with Crippen molar-refractivity contribution in [2.45, 2.75) is 58.4 Å². The zero-order chi connectivity index (χ0) is 11.0. The van der Waals surface area contributed by atoms with Crippen LogP contribution in [0.25, 0.3) is 0 Å².